The van der Waals surface area contributed by atoms with E-state index < -0.39 is 0 Å². The number of hydrogen-bond acceptors (Lipinski definition) is 4. The SMILES string of the molecule is Cc1cnn(-c2ccc(C(=O)N(Cc3ccccn3)C3CCCNCC3)cc2)c1. The molecule has 29 heavy (non-hydrogen) atoms. The minimum Gasteiger partial charge on any atom is -0.330 e. The summed E-state index contributed by atoms with van der Waals surface area (Å²) in [5, 5.41) is 7.78. The second-order valence-electron chi connectivity index (χ2n) is 7.60. The van der Waals surface area contributed by atoms with Gasteiger partial charge in [-0.1, -0.05) is 6.07 Å². The van der Waals surface area contributed by atoms with Gasteiger partial charge < -0.3 is 10.2 Å². The van der Waals surface area contributed by atoms with E-state index in [1.165, 1.54) is 0 Å². The molecular formula is C23H27N5O. The van der Waals surface area contributed by atoms with Gasteiger partial charge in [0.2, 0.25) is 0 Å². The first kappa shape index (κ1) is 19.3. The standard InChI is InChI=1S/C23H27N5O/c1-18-15-26-28(16-18)22-9-7-19(8-10-22)23(29)27(17-20-5-2-3-13-25-20)21-6-4-12-24-14-11-21/h2-3,5,7-10,13,15-16,21,24H,4,6,11-12,14,17H2,1H3. The molecule has 0 radical (unpaired) electrons. The molecule has 4 rings (SSSR count). The van der Waals surface area contributed by atoms with Crippen molar-refractivity contribution >= 4 is 5.91 Å². The highest BCUT2D eigenvalue weighted by molar-refractivity contribution is 5.94. The van der Waals surface area contributed by atoms with E-state index in [2.05, 4.69) is 15.4 Å². The first-order chi connectivity index (χ1) is 14.2. The molecule has 1 aromatic carbocycles. The zero-order valence-corrected chi connectivity index (χ0v) is 16.8. The number of nitrogens with one attached hydrogen (secondary N) is 1. The first-order valence-electron chi connectivity index (χ1n) is 10.2. The zero-order valence-electron chi connectivity index (χ0n) is 16.8. The number of carbonyl (C=O) groups excluding carboxylic acids is 1. The second-order valence-corrected chi connectivity index (χ2v) is 7.60. The summed E-state index contributed by atoms with van der Waals surface area (Å²) in [5.41, 5.74) is 3.67. The summed E-state index contributed by atoms with van der Waals surface area (Å²) < 4.78 is 1.83. The van der Waals surface area contributed by atoms with Crippen LogP contribution in [0, 0.1) is 6.92 Å². The largest absolute Gasteiger partial charge is 0.330 e. The maximum atomic E-state index is 13.5. The van der Waals surface area contributed by atoms with Crippen LogP contribution in [0.1, 0.15) is 40.9 Å². The molecule has 150 valence electrons. The van der Waals surface area contributed by atoms with E-state index in [-0.39, 0.29) is 11.9 Å². The van der Waals surface area contributed by atoms with Gasteiger partial charge in [-0.05, 0) is 81.2 Å². The van der Waals surface area contributed by atoms with Gasteiger partial charge in [-0.3, -0.25) is 9.78 Å². The number of aromatic nitrogens is 3. The van der Waals surface area contributed by atoms with Crippen molar-refractivity contribution in [2.75, 3.05) is 13.1 Å². The van der Waals surface area contributed by atoms with E-state index in [1.54, 1.807) is 6.20 Å². The summed E-state index contributed by atoms with van der Waals surface area (Å²) in [6, 6.07) is 13.8. The van der Waals surface area contributed by atoms with Crippen molar-refractivity contribution < 1.29 is 4.79 Å². The van der Waals surface area contributed by atoms with Crippen LogP contribution in [0.5, 0.6) is 0 Å². The summed E-state index contributed by atoms with van der Waals surface area (Å²) >= 11 is 0. The maximum absolute atomic E-state index is 13.5. The Kier molecular flexibility index (Phi) is 6.00. The molecule has 1 fully saturated rings. The highest BCUT2D eigenvalue weighted by Gasteiger charge is 2.26. The Labute approximate surface area is 171 Å². The molecule has 1 atom stereocenters. The maximum Gasteiger partial charge on any atom is 0.254 e. The molecule has 2 aromatic heterocycles. The molecule has 1 saturated heterocycles. The smallest absolute Gasteiger partial charge is 0.254 e. The van der Waals surface area contributed by atoms with Crippen molar-refractivity contribution in [3.8, 4) is 5.69 Å². The number of carbonyl (C=O) groups is 1. The minimum absolute atomic E-state index is 0.0609. The minimum atomic E-state index is 0.0609. The fourth-order valence-electron chi connectivity index (χ4n) is 3.82. The van der Waals surface area contributed by atoms with Gasteiger partial charge in [-0.15, -0.1) is 0 Å². The van der Waals surface area contributed by atoms with Gasteiger partial charge in [-0.2, -0.15) is 5.10 Å². The molecule has 1 amide bonds. The number of nitrogens with zero attached hydrogens (tertiary/aromatic N) is 4. The molecule has 1 aliphatic heterocycles. The van der Waals surface area contributed by atoms with Crippen molar-refractivity contribution in [2.24, 2.45) is 0 Å². The Hall–Kier alpha value is -2.99. The third-order valence-corrected chi connectivity index (χ3v) is 5.40. The topological polar surface area (TPSA) is 63.1 Å². The molecule has 1 unspecified atom stereocenters. The Bertz CT molecular complexity index is 927. The van der Waals surface area contributed by atoms with Gasteiger partial charge in [0.05, 0.1) is 24.1 Å². The summed E-state index contributed by atoms with van der Waals surface area (Å²) in [4.78, 5) is 19.9. The molecular weight excluding hydrogens is 362 g/mol. The molecule has 1 aliphatic rings. The molecule has 3 heterocycles. The lowest BCUT2D eigenvalue weighted by Crippen LogP contribution is -2.40. The number of aryl methyl sites for hydroxylation is 1. The van der Waals surface area contributed by atoms with Gasteiger partial charge in [0, 0.05) is 24.0 Å². The van der Waals surface area contributed by atoms with Gasteiger partial charge in [0.25, 0.3) is 5.91 Å². The zero-order chi connectivity index (χ0) is 20.1. The molecule has 3 aromatic rings. The lowest BCUT2D eigenvalue weighted by molar-refractivity contribution is 0.0642. The summed E-state index contributed by atoms with van der Waals surface area (Å²) in [7, 11) is 0. The molecule has 6 heteroatoms. The average molecular weight is 390 g/mol. The predicted octanol–water partition coefficient (Wildman–Crippen LogP) is 3.36. The molecule has 0 bridgehead atoms. The van der Waals surface area contributed by atoms with Crippen LogP contribution in [0.3, 0.4) is 0 Å². The Balaban J connectivity index is 1.58. The first-order valence-corrected chi connectivity index (χ1v) is 10.2. The van der Waals surface area contributed by atoms with E-state index in [4.69, 9.17) is 0 Å². The highest BCUT2D eigenvalue weighted by Crippen LogP contribution is 2.20. The fourth-order valence-corrected chi connectivity index (χ4v) is 3.82. The van der Waals surface area contributed by atoms with Crippen molar-refractivity contribution in [3.05, 3.63) is 77.9 Å². The van der Waals surface area contributed by atoms with Crippen LogP contribution in [0.25, 0.3) is 5.69 Å². The van der Waals surface area contributed by atoms with Crippen LogP contribution in [0.15, 0.2) is 61.1 Å². The molecule has 0 spiro atoms. The van der Waals surface area contributed by atoms with Gasteiger partial charge in [0.1, 0.15) is 0 Å². The van der Waals surface area contributed by atoms with Crippen molar-refractivity contribution in [2.45, 2.75) is 38.8 Å². The van der Waals surface area contributed by atoms with Crippen LogP contribution in [0.4, 0.5) is 0 Å². The van der Waals surface area contributed by atoms with Crippen LogP contribution in [0.2, 0.25) is 0 Å². The van der Waals surface area contributed by atoms with E-state index in [0.29, 0.717) is 12.1 Å². The number of amides is 1. The van der Waals surface area contributed by atoms with Gasteiger partial charge in [0.15, 0.2) is 0 Å². The van der Waals surface area contributed by atoms with Crippen LogP contribution in [-0.2, 0) is 6.54 Å². The van der Waals surface area contributed by atoms with E-state index in [9.17, 15) is 4.79 Å². The van der Waals surface area contributed by atoms with E-state index in [1.807, 2.05) is 71.4 Å². The molecule has 0 aliphatic carbocycles. The van der Waals surface area contributed by atoms with Crippen LogP contribution < -0.4 is 5.32 Å². The van der Waals surface area contributed by atoms with Crippen LogP contribution >= 0.6 is 0 Å². The quantitative estimate of drug-likeness (QED) is 0.727. The van der Waals surface area contributed by atoms with Gasteiger partial charge in [-0.25, -0.2) is 4.68 Å². The summed E-state index contributed by atoms with van der Waals surface area (Å²) in [5.74, 6) is 0.0609. The third kappa shape index (κ3) is 4.71. The number of benzene rings is 1. The van der Waals surface area contributed by atoms with Gasteiger partial charge >= 0.3 is 0 Å². The lowest BCUT2D eigenvalue weighted by Gasteiger charge is -2.31. The number of pyridine rings is 1. The number of hydrogen-bond donors (Lipinski definition) is 1. The lowest BCUT2D eigenvalue weighted by atomic mass is 10.0. The van der Waals surface area contributed by atoms with Crippen molar-refractivity contribution in [3.63, 3.8) is 0 Å². The van der Waals surface area contributed by atoms with E-state index in [0.717, 1.165) is 49.3 Å². The predicted molar refractivity (Wildman–Crippen MR) is 113 cm³/mol. The summed E-state index contributed by atoms with van der Waals surface area (Å²) in [6.45, 7) is 4.50. The summed E-state index contributed by atoms with van der Waals surface area (Å²) in [6.07, 6.45) is 8.64. The Morgan fingerprint density at radius 2 is 2.03 bits per heavy atom. The fraction of sp³-hybridized carbons (Fsp3) is 0.348. The average Bonchev–Trinajstić information content (AvgIpc) is 3.02. The monoisotopic (exact) mass is 389 g/mol. The normalized spacial score (nSPS) is 16.9. The van der Waals surface area contributed by atoms with Crippen LogP contribution in [-0.4, -0.2) is 44.7 Å². The van der Waals surface area contributed by atoms with E-state index >= 15 is 0 Å². The second kappa shape index (κ2) is 9.01. The molecule has 6 nitrogen and oxygen atoms in total. The Morgan fingerprint density at radius 1 is 1.17 bits per heavy atom. The molecule has 1 N–H and O–H groups in total. The van der Waals surface area contributed by atoms with Crippen molar-refractivity contribution in [1.82, 2.24) is 25.0 Å². The van der Waals surface area contributed by atoms with Crippen molar-refractivity contribution in [1.29, 1.82) is 0 Å². The third-order valence-electron chi connectivity index (χ3n) is 5.40. The molecule has 0 saturated carbocycles. The highest BCUT2D eigenvalue weighted by atomic mass is 16.2. The number of rotatable bonds is 5. The Morgan fingerprint density at radius 3 is 2.76 bits per heavy atom.